The average Bonchev–Trinajstić information content (AvgIpc) is 3.08. The van der Waals surface area contributed by atoms with Gasteiger partial charge in [0.15, 0.2) is 9.84 Å². The average molecular weight is 554 g/mol. The number of rotatable bonds is 7. The molecule has 0 spiro atoms. The van der Waals surface area contributed by atoms with Crippen LogP contribution in [0.4, 0.5) is 8.78 Å². The maximum atomic E-state index is 12.8. The lowest BCUT2D eigenvalue weighted by atomic mass is 10.0. The third-order valence-electron chi connectivity index (χ3n) is 6.41. The van der Waals surface area contributed by atoms with Gasteiger partial charge in [-0.2, -0.15) is 0 Å². The number of nitrogens with zero attached hydrogens (tertiary/aromatic N) is 2. The summed E-state index contributed by atoms with van der Waals surface area (Å²) in [4.78, 5) is 22.0. The van der Waals surface area contributed by atoms with Gasteiger partial charge in [-0.1, -0.05) is 12.1 Å². The lowest BCUT2D eigenvalue weighted by Gasteiger charge is -2.12. The molecule has 0 aliphatic carbocycles. The first kappa shape index (κ1) is 26.6. The van der Waals surface area contributed by atoms with Gasteiger partial charge in [0.05, 0.1) is 54.4 Å². The van der Waals surface area contributed by atoms with E-state index >= 15 is 0 Å². The number of amides is 1. The van der Waals surface area contributed by atoms with Gasteiger partial charge in [0.2, 0.25) is 6.43 Å². The summed E-state index contributed by atoms with van der Waals surface area (Å²) in [5.74, 6) is -0.126. The minimum atomic E-state index is -3.53. The Bertz CT molecular complexity index is 1660. The molecule has 39 heavy (non-hydrogen) atoms. The number of nitrogens with one attached hydrogen (secondary N) is 1. The number of alkyl halides is 2. The van der Waals surface area contributed by atoms with E-state index in [0.29, 0.717) is 39.3 Å². The molecule has 8 nitrogen and oxygen atoms in total. The summed E-state index contributed by atoms with van der Waals surface area (Å²) in [5, 5.41) is 3.56. The molecule has 1 N–H and O–H groups in total. The molecule has 5 rings (SSSR count). The van der Waals surface area contributed by atoms with Crippen molar-refractivity contribution in [1.82, 2.24) is 15.3 Å². The number of benzene rings is 2. The Kier molecular flexibility index (Phi) is 7.53. The summed E-state index contributed by atoms with van der Waals surface area (Å²) in [6.07, 6.45) is -1.17. The molecule has 0 saturated carbocycles. The largest absolute Gasteiger partial charge is 0.496 e. The maximum Gasteiger partial charge on any atom is 0.251 e. The van der Waals surface area contributed by atoms with Crippen molar-refractivity contribution >= 4 is 26.6 Å². The second-order valence-electron chi connectivity index (χ2n) is 9.07. The minimum Gasteiger partial charge on any atom is -0.496 e. The predicted octanol–water partition coefficient (Wildman–Crippen LogP) is 4.35. The summed E-state index contributed by atoms with van der Waals surface area (Å²) in [5.41, 5.74) is 3.66. The van der Waals surface area contributed by atoms with E-state index in [1.165, 1.54) is 13.2 Å². The van der Waals surface area contributed by atoms with Crippen LogP contribution in [0.3, 0.4) is 0 Å². The number of hydrogen-bond acceptors (Lipinski definition) is 7. The van der Waals surface area contributed by atoms with E-state index in [1.807, 2.05) is 6.07 Å². The first-order valence-electron chi connectivity index (χ1n) is 12.2. The lowest BCUT2D eigenvalue weighted by Crippen LogP contribution is -2.23. The van der Waals surface area contributed by atoms with Gasteiger partial charge in [-0.15, -0.1) is 0 Å². The molecule has 4 aromatic rings. The Morgan fingerprint density at radius 2 is 1.97 bits per heavy atom. The van der Waals surface area contributed by atoms with E-state index in [0.717, 1.165) is 5.39 Å². The highest BCUT2D eigenvalue weighted by molar-refractivity contribution is 7.91. The Balaban J connectivity index is 1.35. The number of methoxy groups -OCH3 is 1. The molecule has 0 atom stereocenters. The van der Waals surface area contributed by atoms with Gasteiger partial charge in [0.1, 0.15) is 5.75 Å². The Morgan fingerprint density at radius 3 is 2.77 bits per heavy atom. The van der Waals surface area contributed by atoms with Crippen LogP contribution < -0.4 is 10.1 Å². The maximum absolute atomic E-state index is 12.8. The number of aromatic nitrogens is 2. The smallest absolute Gasteiger partial charge is 0.251 e. The van der Waals surface area contributed by atoms with Crippen molar-refractivity contribution < 1.29 is 31.5 Å². The number of carbonyl (C=O) groups excluding carboxylic acids is 1. The molecule has 0 fully saturated rings. The quantitative estimate of drug-likeness (QED) is 0.363. The third-order valence-corrected chi connectivity index (χ3v) is 8.16. The van der Waals surface area contributed by atoms with Crippen molar-refractivity contribution in [2.75, 3.05) is 19.5 Å². The fraction of sp³-hybridized carbons (Fsp3) is 0.250. The number of fused-ring (bicyclic) bond motifs is 2. The van der Waals surface area contributed by atoms with Crippen LogP contribution in [0.5, 0.6) is 5.75 Å². The van der Waals surface area contributed by atoms with E-state index in [-0.39, 0.29) is 42.4 Å². The number of hydrogen-bond donors (Lipinski definition) is 1. The van der Waals surface area contributed by atoms with Crippen molar-refractivity contribution in [3.63, 3.8) is 0 Å². The van der Waals surface area contributed by atoms with Crippen LogP contribution in [0.1, 0.15) is 27.2 Å². The van der Waals surface area contributed by atoms with Crippen molar-refractivity contribution in [3.8, 4) is 17.0 Å². The Labute approximate surface area is 223 Å². The standard InChI is InChI=1S/C28H25F2N3O5S/c1-37-25-10-17(11-27(29)30)2-6-22(25)23-7-5-19-14-31-21(13-24(19)33-23)15-32-28(34)18-3-4-20-16-38-8-9-39(35,36)26(20)12-18/h2-7,10,12-14,27H,8-9,11,15-16H2,1H3,(H,32,34). The SMILES string of the molecule is COc1cc(CC(F)F)ccc1-c1ccc2cnc(CNC(=O)c3ccc4c(c3)S(=O)(=O)CCOC4)cc2n1. The van der Waals surface area contributed by atoms with Crippen LogP contribution in [-0.4, -0.2) is 50.2 Å². The van der Waals surface area contributed by atoms with Crippen LogP contribution in [0.2, 0.25) is 0 Å². The van der Waals surface area contributed by atoms with Gasteiger partial charge in [-0.3, -0.25) is 9.78 Å². The minimum absolute atomic E-state index is 0.0965. The topological polar surface area (TPSA) is 107 Å². The predicted molar refractivity (Wildman–Crippen MR) is 141 cm³/mol. The van der Waals surface area contributed by atoms with Crippen LogP contribution in [0.15, 0.2) is 65.7 Å². The first-order chi connectivity index (χ1) is 18.7. The molecule has 0 unspecified atom stereocenters. The molecule has 1 amide bonds. The van der Waals surface area contributed by atoms with Crippen LogP contribution in [-0.2, 0) is 34.1 Å². The van der Waals surface area contributed by atoms with Crippen LogP contribution in [0.25, 0.3) is 22.2 Å². The lowest BCUT2D eigenvalue weighted by molar-refractivity contribution is 0.0950. The van der Waals surface area contributed by atoms with Gasteiger partial charge >= 0.3 is 0 Å². The van der Waals surface area contributed by atoms with Gasteiger partial charge < -0.3 is 14.8 Å². The van der Waals surface area contributed by atoms with Gasteiger partial charge in [0.25, 0.3) is 5.91 Å². The summed E-state index contributed by atoms with van der Waals surface area (Å²) in [6.45, 7) is 0.385. The molecule has 2 aromatic heterocycles. The number of pyridine rings is 2. The number of sulfone groups is 1. The van der Waals surface area contributed by atoms with Crippen molar-refractivity contribution in [2.24, 2.45) is 0 Å². The summed E-state index contributed by atoms with van der Waals surface area (Å²) < 4.78 is 61.4. The van der Waals surface area contributed by atoms with E-state index in [2.05, 4.69) is 10.3 Å². The molecule has 3 heterocycles. The summed E-state index contributed by atoms with van der Waals surface area (Å²) >= 11 is 0. The molecule has 0 saturated heterocycles. The molecule has 2 aromatic carbocycles. The highest BCUT2D eigenvalue weighted by Crippen LogP contribution is 2.31. The van der Waals surface area contributed by atoms with Crippen LogP contribution in [0, 0.1) is 0 Å². The zero-order chi connectivity index (χ0) is 27.6. The number of ether oxygens (including phenoxy) is 2. The Morgan fingerprint density at radius 1 is 1.13 bits per heavy atom. The Hall–Kier alpha value is -3.96. The molecular weight excluding hydrogens is 528 g/mol. The van der Waals surface area contributed by atoms with E-state index < -0.39 is 22.2 Å². The van der Waals surface area contributed by atoms with Gasteiger partial charge in [0, 0.05) is 29.1 Å². The highest BCUT2D eigenvalue weighted by Gasteiger charge is 2.23. The van der Waals surface area contributed by atoms with Crippen LogP contribution >= 0.6 is 0 Å². The fourth-order valence-corrected chi connectivity index (χ4v) is 5.79. The number of carbonyl (C=O) groups is 1. The second-order valence-corrected chi connectivity index (χ2v) is 11.1. The van der Waals surface area contributed by atoms with E-state index in [9.17, 15) is 22.0 Å². The third kappa shape index (κ3) is 5.89. The van der Waals surface area contributed by atoms with Crippen molar-refractivity contribution in [1.29, 1.82) is 0 Å². The molecule has 202 valence electrons. The van der Waals surface area contributed by atoms with E-state index in [4.69, 9.17) is 14.5 Å². The second kappa shape index (κ2) is 11.0. The number of halogens is 2. The molecule has 1 aliphatic rings. The molecular formula is C28H25F2N3O5S. The zero-order valence-corrected chi connectivity index (χ0v) is 21.8. The van der Waals surface area contributed by atoms with Crippen molar-refractivity contribution in [3.05, 3.63) is 83.2 Å². The van der Waals surface area contributed by atoms with Gasteiger partial charge in [-0.05, 0) is 53.6 Å². The molecule has 11 heteroatoms. The monoisotopic (exact) mass is 553 g/mol. The molecule has 1 aliphatic heterocycles. The fourth-order valence-electron chi connectivity index (χ4n) is 4.40. The highest BCUT2D eigenvalue weighted by atomic mass is 32.2. The van der Waals surface area contributed by atoms with Gasteiger partial charge in [-0.25, -0.2) is 22.2 Å². The molecule has 0 radical (unpaired) electrons. The first-order valence-corrected chi connectivity index (χ1v) is 13.8. The zero-order valence-electron chi connectivity index (χ0n) is 21.0. The normalized spacial score (nSPS) is 14.6. The van der Waals surface area contributed by atoms with Crippen molar-refractivity contribution in [2.45, 2.75) is 30.9 Å². The summed E-state index contributed by atoms with van der Waals surface area (Å²) in [7, 11) is -2.06. The van der Waals surface area contributed by atoms with E-state index in [1.54, 1.807) is 48.7 Å². The molecule has 0 bridgehead atoms. The summed E-state index contributed by atoms with van der Waals surface area (Å²) in [6, 6.07) is 14.9.